The van der Waals surface area contributed by atoms with Gasteiger partial charge in [0, 0.05) is 27.5 Å². The maximum Gasteiger partial charge on any atom is 0.164 e. The molecular weight excluding hydrogens is 574 g/mol. The minimum Gasteiger partial charge on any atom is -0.456 e. The van der Waals surface area contributed by atoms with E-state index in [1.807, 2.05) is 18.2 Å². The SMILES string of the molecule is [2H]c1c([2H])c([2H])c(-c2c([2H])c([2H])c3c([2H])c(-c4nc(-c5ccccc5)nc(-c5c([2H])c([2H])c(-c6cccc7oc8ccccc8c67)c([2H])c5[2H])n4)c([2H])c([2H])c3c2[2H])c([2H])c1[2H]. The Morgan fingerprint density at radius 1 is 0.426 bits per heavy atom. The number of hydrogen-bond acceptors (Lipinski definition) is 4. The summed E-state index contributed by atoms with van der Waals surface area (Å²) in [5.41, 5.74) is 0.00741. The van der Waals surface area contributed by atoms with E-state index in [2.05, 4.69) is 15.0 Å². The van der Waals surface area contributed by atoms with Gasteiger partial charge in [-0.25, -0.2) is 15.0 Å². The van der Waals surface area contributed by atoms with Gasteiger partial charge in [0.05, 0.1) is 20.6 Å². The summed E-state index contributed by atoms with van der Waals surface area (Å²) in [5.74, 6) is -0.835. The third kappa shape index (κ3) is 4.93. The highest BCUT2D eigenvalue weighted by atomic mass is 16.3. The summed E-state index contributed by atoms with van der Waals surface area (Å²) < 4.78 is 139. The third-order valence-corrected chi connectivity index (χ3v) is 7.54. The molecule has 0 atom stereocenters. The zero-order valence-corrected chi connectivity index (χ0v) is 24.2. The van der Waals surface area contributed by atoms with Gasteiger partial charge in [0.15, 0.2) is 17.5 Å². The van der Waals surface area contributed by atoms with Crippen molar-refractivity contribution in [3.8, 4) is 56.4 Å². The Labute approximate surface area is 292 Å². The first-order valence-corrected chi connectivity index (χ1v) is 14.5. The number of furan rings is 1. The van der Waals surface area contributed by atoms with Crippen LogP contribution in [0.1, 0.15) is 20.6 Å². The largest absolute Gasteiger partial charge is 0.456 e. The average molecular weight is 617 g/mol. The highest BCUT2D eigenvalue weighted by Gasteiger charge is 2.15. The molecule has 4 heteroatoms. The summed E-state index contributed by atoms with van der Waals surface area (Å²) >= 11 is 0. The summed E-state index contributed by atoms with van der Waals surface area (Å²) in [5, 5.41) is 0.413. The monoisotopic (exact) mass is 616 g/mol. The van der Waals surface area contributed by atoms with Crippen molar-refractivity contribution < 1.29 is 25.0 Å². The van der Waals surface area contributed by atoms with Crippen LogP contribution >= 0.6 is 0 Å². The van der Waals surface area contributed by atoms with E-state index in [4.69, 9.17) is 18.1 Å². The van der Waals surface area contributed by atoms with Crippen LogP contribution in [-0.4, -0.2) is 15.0 Å². The second kappa shape index (κ2) is 11.2. The van der Waals surface area contributed by atoms with Crippen LogP contribution in [0.2, 0.25) is 0 Å². The lowest BCUT2D eigenvalue weighted by Crippen LogP contribution is -2.00. The standard InChI is InChI=1S/C43H27N3O/c1-3-10-28(11-4-1)32-22-23-34-27-35(25-24-33(34)26-32)43-45-41(30-12-5-2-6-13-30)44-42(46-43)31-20-18-29(19-21-31)36-15-9-17-39-40(36)37-14-7-8-16-38(37)47-39/h1-27H/i1D,3D,4D,10D,11D,18D,19D,20D,21D,22D,23D,24D,25D,26D,27D. The molecule has 0 saturated heterocycles. The number of para-hydroxylation sites is 1. The van der Waals surface area contributed by atoms with Gasteiger partial charge < -0.3 is 4.42 Å². The number of aromatic nitrogens is 3. The Morgan fingerprint density at radius 3 is 1.81 bits per heavy atom. The highest BCUT2D eigenvalue weighted by Crippen LogP contribution is 2.37. The molecule has 0 spiro atoms. The molecule has 0 N–H and O–H groups in total. The van der Waals surface area contributed by atoms with Crippen molar-refractivity contribution in [1.82, 2.24) is 15.0 Å². The fourth-order valence-corrected chi connectivity index (χ4v) is 5.34. The van der Waals surface area contributed by atoms with E-state index in [0.717, 1.165) is 0 Å². The molecule has 220 valence electrons. The van der Waals surface area contributed by atoms with Crippen LogP contribution in [0.5, 0.6) is 0 Å². The van der Waals surface area contributed by atoms with Crippen LogP contribution in [0.3, 0.4) is 0 Å². The maximum atomic E-state index is 9.35. The highest BCUT2D eigenvalue weighted by molar-refractivity contribution is 6.12. The summed E-state index contributed by atoms with van der Waals surface area (Å²) in [7, 11) is 0. The van der Waals surface area contributed by atoms with Crippen LogP contribution in [0, 0.1) is 0 Å². The van der Waals surface area contributed by atoms with Crippen molar-refractivity contribution in [3.63, 3.8) is 0 Å². The van der Waals surface area contributed by atoms with E-state index in [1.54, 1.807) is 54.6 Å². The van der Waals surface area contributed by atoms with E-state index in [0.29, 0.717) is 33.1 Å². The zero-order chi connectivity index (χ0) is 44.2. The van der Waals surface area contributed by atoms with Crippen molar-refractivity contribution >= 4 is 32.7 Å². The van der Waals surface area contributed by atoms with Crippen LogP contribution in [0.15, 0.2) is 168 Å². The van der Waals surface area contributed by atoms with Crippen molar-refractivity contribution in [1.29, 1.82) is 0 Å². The van der Waals surface area contributed by atoms with Gasteiger partial charge in [0.1, 0.15) is 11.2 Å². The van der Waals surface area contributed by atoms with Gasteiger partial charge in [0.2, 0.25) is 0 Å². The molecule has 0 radical (unpaired) electrons. The lowest BCUT2D eigenvalue weighted by atomic mass is 9.98. The fraction of sp³-hybridized carbons (Fsp3) is 0. The first kappa shape index (κ1) is 15.7. The molecule has 9 aromatic rings. The molecule has 4 nitrogen and oxygen atoms in total. The minimum atomic E-state index is -0.762. The number of hydrogen-bond donors (Lipinski definition) is 0. The Bertz CT molecular complexity index is 3370. The molecule has 0 fully saturated rings. The molecule has 0 aliphatic carbocycles. The molecule has 47 heavy (non-hydrogen) atoms. The molecule has 2 heterocycles. The minimum absolute atomic E-state index is 0.00270. The molecule has 0 aliphatic heterocycles. The van der Waals surface area contributed by atoms with Gasteiger partial charge in [-0.2, -0.15) is 0 Å². The van der Waals surface area contributed by atoms with Crippen molar-refractivity contribution in [2.24, 2.45) is 0 Å². The second-order valence-electron chi connectivity index (χ2n) is 10.4. The summed E-state index contributed by atoms with van der Waals surface area (Å²) in [4.78, 5) is 13.6. The third-order valence-electron chi connectivity index (χ3n) is 7.54. The number of fused-ring (bicyclic) bond motifs is 4. The molecule has 0 unspecified atom stereocenters. The Hall–Kier alpha value is -6.39. The fourth-order valence-electron chi connectivity index (χ4n) is 5.34. The van der Waals surface area contributed by atoms with E-state index < -0.39 is 124 Å². The Balaban J connectivity index is 1.31. The van der Waals surface area contributed by atoms with Crippen LogP contribution in [-0.2, 0) is 0 Å². The number of benzene rings is 7. The molecule has 7 aromatic carbocycles. The Kier molecular flexibility index (Phi) is 3.75. The molecule has 0 aliphatic rings. The van der Waals surface area contributed by atoms with Crippen LogP contribution in [0.4, 0.5) is 0 Å². The zero-order valence-electron chi connectivity index (χ0n) is 39.2. The van der Waals surface area contributed by atoms with Gasteiger partial charge in [0.25, 0.3) is 0 Å². The normalized spacial score (nSPS) is 15.9. The number of nitrogens with zero attached hydrogens (tertiary/aromatic N) is 3. The van der Waals surface area contributed by atoms with E-state index >= 15 is 0 Å². The van der Waals surface area contributed by atoms with Crippen molar-refractivity contribution in [2.75, 3.05) is 0 Å². The molecule has 9 rings (SSSR count). The van der Waals surface area contributed by atoms with Gasteiger partial charge in [-0.05, 0) is 57.2 Å². The molecule has 2 aromatic heterocycles. The summed E-state index contributed by atoms with van der Waals surface area (Å²) in [6.07, 6.45) is 0. The molecule has 0 amide bonds. The average Bonchev–Trinajstić information content (AvgIpc) is 3.66. The van der Waals surface area contributed by atoms with Gasteiger partial charge >= 0.3 is 0 Å². The first-order valence-electron chi connectivity index (χ1n) is 22.0. The van der Waals surface area contributed by atoms with E-state index in [9.17, 15) is 6.85 Å². The van der Waals surface area contributed by atoms with Crippen LogP contribution < -0.4 is 0 Å². The lowest BCUT2D eigenvalue weighted by molar-refractivity contribution is 0.669. The quantitative estimate of drug-likeness (QED) is 0.193. The predicted molar refractivity (Wildman–Crippen MR) is 192 cm³/mol. The Morgan fingerprint density at radius 2 is 1.02 bits per heavy atom. The van der Waals surface area contributed by atoms with Gasteiger partial charge in [-0.15, -0.1) is 0 Å². The summed E-state index contributed by atoms with van der Waals surface area (Å²) in [6, 6.07) is 11.0. The second-order valence-corrected chi connectivity index (χ2v) is 10.4. The van der Waals surface area contributed by atoms with Gasteiger partial charge in [-0.1, -0.05) is 139 Å². The van der Waals surface area contributed by atoms with E-state index in [1.165, 1.54) is 0 Å². The molecule has 0 saturated carbocycles. The maximum absolute atomic E-state index is 9.35. The number of rotatable bonds is 5. The van der Waals surface area contributed by atoms with Crippen LogP contribution in [0.25, 0.3) is 89.1 Å². The smallest absolute Gasteiger partial charge is 0.164 e. The first-order chi connectivity index (χ1) is 29.5. The predicted octanol–water partition coefficient (Wildman–Crippen LogP) is 11.3. The van der Waals surface area contributed by atoms with Crippen molar-refractivity contribution in [2.45, 2.75) is 0 Å². The molecular formula is C43H27N3O. The molecule has 0 bridgehead atoms. The lowest BCUT2D eigenvalue weighted by Gasteiger charge is -2.10. The van der Waals surface area contributed by atoms with Gasteiger partial charge in [-0.3, -0.25) is 0 Å². The van der Waals surface area contributed by atoms with Crippen molar-refractivity contribution in [3.05, 3.63) is 163 Å². The summed E-state index contributed by atoms with van der Waals surface area (Å²) in [6.45, 7) is 0. The van der Waals surface area contributed by atoms with E-state index in [-0.39, 0.29) is 22.8 Å². The topological polar surface area (TPSA) is 51.8 Å².